The first-order valence-electron chi connectivity index (χ1n) is 9.04. The van der Waals surface area contributed by atoms with Crippen LogP contribution in [0.1, 0.15) is 17.5 Å². The number of carbonyl (C=O) groups is 3. The standard InChI is InChI=1S/C21H20BrFN2O4/c1-12-13(2)18(8-7-17(12)22)24-19(26)11-29-21(28)14-9-20(27)25(10-14)16-5-3-15(23)4-6-16/h3-8,14H,9-11H2,1-2H3,(H,24,26)/t14-/m0/s1. The molecule has 1 saturated heterocycles. The van der Waals surface area contributed by atoms with Crippen LogP contribution in [0.15, 0.2) is 40.9 Å². The molecule has 6 nitrogen and oxygen atoms in total. The fraction of sp³-hybridized carbons (Fsp3) is 0.286. The molecule has 0 saturated carbocycles. The molecule has 2 amide bonds. The molecule has 29 heavy (non-hydrogen) atoms. The molecule has 0 aromatic heterocycles. The van der Waals surface area contributed by atoms with Crippen LogP contribution in [0, 0.1) is 25.6 Å². The van der Waals surface area contributed by atoms with E-state index in [1.54, 1.807) is 6.07 Å². The number of nitrogens with one attached hydrogen (secondary N) is 1. The van der Waals surface area contributed by atoms with E-state index in [-0.39, 0.29) is 18.9 Å². The summed E-state index contributed by atoms with van der Waals surface area (Å²) in [5.41, 5.74) is 3.08. The zero-order valence-corrected chi connectivity index (χ0v) is 17.6. The summed E-state index contributed by atoms with van der Waals surface area (Å²) in [4.78, 5) is 38.1. The SMILES string of the molecule is Cc1c(Br)ccc(NC(=O)COC(=O)[C@H]2CC(=O)N(c3ccc(F)cc3)C2)c1C. The molecule has 0 bridgehead atoms. The van der Waals surface area contributed by atoms with Gasteiger partial charge in [-0.05, 0) is 61.4 Å². The summed E-state index contributed by atoms with van der Waals surface area (Å²) in [6, 6.07) is 9.07. The third kappa shape index (κ3) is 4.82. The van der Waals surface area contributed by atoms with Crippen molar-refractivity contribution in [2.24, 2.45) is 5.92 Å². The number of benzene rings is 2. The van der Waals surface area contributed by atoms with Gasteiger partial charge in [0.2, 0.25) is 5.91 Å². The molecule has 3 rings (SSSR count). The van der Waals surface area contributed by atoms with Crippen molar-refractivity contribution in [3.63, 3.8) is 0 Å². The van der Waals surface area contributed by atoms with E-state index in [9.17, 15) is 18.8 Å². The van der Waals surface area contributed by atoms with E-state index in [0.717, 1.165) is 15.6 Å². The first-order chi connectivity index (χ1) is 13.8. The molecule has 2 aromatic rings. The van der Waals surface area contributed by atoms with E-state index < -0.39 is 30.2 Å². The zero-order valence-electron chi connectivity index (χ0n) is 16.0. The molecule has 0 radical (unpaired) electrons. The molecule has 1 fully saturated rings. The Morgan fingerprint density at radius 1 is 1.17 bits per heavy atom. The van der Waals surface area contributed by atoms with Crippen LogP contribution in [-0.4, -0.2) is 30.9 Å². The van der Waals surface area contributed by atoms with Gasteiger partial charge in [-0.2, -0.15) is 0 Å². The Labute approximate surface area is 176 Å². The second-order valence-electron chi connectivity index (χ2n) is 6.88. The fourth-order valence-corrected chi connectivity index (χ4v) is 3.53. The predicted octanol–water partition coefficient (Wildman–Crippen LogP) is 3.74. The van der Waals surface area contributed by atoms with Gasteiger partial charge in [-0.15, -0.1) is 0 Å². The van der Waals surface area contributed by atoms with E-state index in [4.69, 9.17) is 4.74 Å². The lowest BCUT2D eigenvalue weighted by Gasteiger charge is -2.16. The van der Waals surface area contributed by atoms with Crippen LogP contribution in [0.2, 0.25) is 0 Å². The molecular formula is C21H20BrFN2O4. The van der Waals surface area contributed by atoms with Gasteiger partial charge in [0.15, 0.2) is 6.61 Å². The Kier molecular flexibility index (Phi) is 6.32. The van der Waals surface area contributed by atoms with Crippen LogP contribution in [0.4, 0.5) is 15.8 Å². The zero-order chi connectivity index (χ0) is 21.1. The monoisotopic (exact) mass is 462 g/mol. The number of amides is 2. The maximum Gasteiger partial charge on any atom is 0.311 e. The molecule has 8 heteroatoms. The Hall–Kier alpha value is -2.74. The molecule has 1 aliphatic heterocycles. The van der Waals surface area contributed by atoms with E-state index in [0.29, 0.717) is 11.4 Å². The van der Waals surface area contributed by atoms with Crippen molar-refractivity contribution in [1.82, 2.24) is 0 Å². The van der Waals surface area contributed by atoms with Crippen molar-refractivity contribution in [1.29, 1.82) is 0 Å². The highest BCUT2D eigenvalue weighted by atomic mass is 79.9. The summed E-state index contributed by atoms with van der Waals surface area (Å²) in [6.07, 6.45) is -0.0111. The summed E-state index contributed by atoms with van der Waals surface area (Å²) in [5, 5.41) is 2.72. The minimum absolute atomic E-state index is 0.0111. The molecule has 152 valence electrons. The number of hydrogen-bond donors (Lipinski definition) is 1. The number of carbonyl (C=O) groups excluding carboxylic acids is 3. The van der Waals surface area contributed by atoms with Gasteiger partial charge >= 0.3 is 5.97 Å². The Balaban J connectivity index is 1.54. The average molecular weight is 463 g/mol. The lowest BCUT2D eigenvalue weighted by molar-refractivity contribution is -0.151. The highest BCUT2D eigenvalue weighted by Crippen LogP contribution is 2.27. The van der Waals surface area contributed by atoms with Crippen molar-refractivity contribution in [3.8, 4) is 0 Å². The molecule has 1 aliphatic rings. The largest absolute Gasteiger partial charge is 0.455 e. The third-order valence-corrected chi connectivity index (χ3v) is 5.80. The minimum atomic E-state index is -0.669. The highest BCUT2D eigenvalue weighted by molar-refractivity contribution is 9.10. The second kappa shape index (κ2) is 8.73. The lowest BCUT2D eigenvalue weighted by Crippen LogP contribution is -2.28. The summed E-state index contributed by atoms with van der Waals surface area (Å²) in [6.45, 7) is 3.51. The van der Waals surface area contributed by atoms with Crippen LogP contribution in [-0.2, 0) is 19.1 Å². The first kappa shape index (κ1) is 21.0. The number of rotatable bonds is 5. The summed E-state index contributed by atoms with van der Waals surface area (Å²) in [7, 11) is 0. The maximum absolute atomic E-state index is 13.1. The summed E-state index contributed by atoms with van der Waals surface area (Å²) in [5.74, 6) is -2.38. The number of esters is 1. The van der Waals surface area contributed by atoms with Gasteiger partial charge in [-0.1, -0.05) is 15.9 Å². The van der Waals surface area contributed by atoms with Crippen LogP contribution in [0.3, 0.4) is 0 Å². The van der Waals surface area contributed by atoms with E-state index in [1.807, 2.05) is 19.9 Å². The number of halogens is 2. The number of anilines is 2. The van der Waals surface area contributed by atoms with Crippen LogP contribution in [0.25, 0.3) is 0 Å². The van der Waals surface area contributed by atoms with Crippen molar-refractivity contribution < 1.29 is 23.5 Å². The highest BCUT2D eigenvalue weighted by Gasteiger charge is 2.36. The topological polar surface area (TPSA) is 75.7 Å². The van der Waals surface area contributed by atoms with Crippen molar-refractivity contribution in [2.75, 3.05) is 23.4 Å². The fourth-order valence-electron chi connectivity index (χ4n) is 3.10. The smallest absolute Gasteiger partial charge is 0.311 e. The Morgan fingerprint density at radius 3 is 2.55 bits per heavy atom. The maximum atomic E-state index is 13.1. The summed E-state index contributed by atoms with van der Waals surface area (Å²) >= 11 is 3.43. The van der Waals surface area contributed by atoms with Gasteiger partial charge in [0, 0.05) is 28.8 Å². The van der Waals surface area contributed by atoms with Gasteiger partial charge in [0.1, 0.15) is 5.82 Å². The van der Waals surface area contributed by atoms with Gasteiger partial charge in [0.05, 0.1) is 5.92 Å². The molecule has 1 N–H and O–H groups in total. The normalized spacial score (nSPS) is 16.1. The van der Waals surface area contributed by atoms with Crippen molar-refractivity contribution >= 4 is 45.1 Å². The van der Waals surface area contributed by atoms with Crippen LogP contribution < -0.4 is 10.2 Å². The number of nitrogens with zero attached hydrogens (tertiary/aromatic N) is 1. The van der Waals surface area contributed by atoms with Crippen molar-refractivity contribution in [3.05, 3.63) is 57.8 Å². The van der Waals surface area contributed by atoms with Gasteiger partial charge in [-0.25, -0.2) is 4.39 Å². The molecule has 1 heterocycles. The molecule has 0 unspecified atom stereocenters. The Morgan fingerprint density at radius 2 is 1.86 bits per heavy atom. The average Bonchev–Trinajstić information content (AvgIpc) is 3.09. The predicted molar refractivity (Wildman–Crippen MR) is 110 cm³/mol. The molecule has 1 atom stereocenters. The molecule has 0 spiro atoms. The molecule has 2 aromatic carbocycles. The quantitative estimate of drug-likeness (QED) is 0.686. The second-order valence-corrected chi connectivity index (χ2v) is 7.74. The van der Waals surface area contributed by atoms with Gasteiger partial charge in [0.25, 0.3) is 5.91 Å². The number of ether oxygens (including phenoxy) is 1. The van der Waals surface area contributed by atoms with Crippen LogP contribution >= 0.6 is 15.9 Å². The van der Waals surface area contributed by atoms with Crippen molar-refractivity contribution in [2.45, 2.75) is 20.3 Å². The first-order valence-corrected chi connectivity index (χ1v) is 9.83. The van der Waals surface area contributed by atoms with E-state index in [1.165, 1.54) is 29.2 Å². The van der Waals surface area contributed by atoms with Crippen LogP contribution in [0.5, 0.6) is 0 Å². The number of hydrogen-bond acceptors (Lipinski definition) is 4. The van der Waals surface area contributed by atoms with Gasteiger partial charge < -0.3 is 15.0 Å². The molecule has 0 aliphatic carbocycles. The molecular weight excluding hydrogens is 443 g/mol. The Bertz CT molecular complexity index is 962. The lowest BCUT2D eigenvalue weighted by atomic mass is 10.1. The summed E-state index contributed by atoms with van der Waals surface area (Å²) < 4.78 is 19.1. The van der Waals surface area contributed by atoms with E-state index in [2.05, 4.69) is 21.2 Å². The minimum Gasteiger partial charge on any atom is -0.455 e. The van der Waals surface area contributed by atoms with E-state index >= 15 is 0 Å². The van der Waals surface area contributed by atoms with Gasteiger partial charge in [-0.3, -0.25) is 14.4 Å². The third-order valence-electron chi connectivity index (χ3n) is 4.94.